The Morgan fingerprint density at radius 3 is 3.06 bits per heavy atom. The molecule has 0 spiro atoms. The summed E-state index contributed by atoms with van der Waals surface area (Å²) in [5.74, 6) is -0.0957. The second-order valence-electron chi connectivity index (χ2n) is 4.34. The molecule has 1 saturated carbocycles. The van der Waals surface area contributed by atoms with Crippen LogP contribution in [0.2, 0.25) is 0 Å². The number of rotatable bonds is 2. The minimum absolute atomic E-state index is 0.163. The Kier molecular flexibility index (Phi) is 3.56. The van der Waals surface area contributed by atoms with Crippen LogP contribution in [0.5, 0.6) is 0 Å². The first-order valence-corrected chi connectivity index (χ1v) is 5.85. The van der Waals surface area contributed by atoms with Crippen LogP contribution < -0.4 is 0 Å². The Labute approximate surface area is 99.8 Å². The number of hydrogen-bond acceptors (Lipinski definition) is 4. The molecule has 5 heteroatoms. The molecule has 1 aliphatic carbocycles. The molecular weight excluding hydrogens is 220 g/mol. The smallest absolute Gasteiger partial charge is 0.302 e. The summed E-state index contributed by atoms with van der Waals surface area (Å²) in [5.41, 5.74) is 0. The number of esters is 1. The number of aromatic nitrogens is 2. The normalized spacial score (nSPS) is 25.4. The van der Waals surface area contributed by atoms with Crippen molar-refractivity contribution >= 4 is 11.8 Å². The van der Waals surface area contributed by atoms with Gasteiger partial charge in [-0.05, 0) is 18.9 Å². The lowest BCUT2D eigenvalue weighted by Gasteiger charge is -2.24. The van der Waals surface area contributed by atoms with Gasteiger partial charge in [-0.2, -0.15) is 5.10 Å². The summed E-state index contributed by atoms with van der Waals surface area (Å²) in [6, 6.07) is 1.64. The van der Waals surface area contributed by atoms with Crippen LogP contribution >= 0.6 is 0 Å². The van der Waals surface area contributed by atoms with Crippen LogP contribution in [0.25, 0.3) is 0 Å². The zero-order chi connectivity index (χ0) is 12.3. The van der Waals surface area contributed by atoms with Crippen molar-refractivity contribution in [2.24, 2.45) is 0 Å². The zero-order valence-corrected chi connectivity index (χ0v) is 9.83. The van der Waals surface area contributed by atoms with Crippen LogP contribution in [0.15, 0.2) is 18.5 Å². The maximum atomic E-state index is 11.6. The molecule has 17 heavy (non-hydrogen) atoms. The number of hydrogen-bond donors (Lipinski definition) is 0. The van der Waals surface area contributed by atoms with Crippen LogP contribution in [0.1, 0.15) is 38.6 Å². The molecule has 92 valence electrons. The first kappa shape index (κ1) is 11.8. The molecule has 2 unspecified atom stereocenters. The standard InChI is InChI=1S/C12H16N2O3/c1-9(15)17-12-5-2-4-10(16)8-11(12)14-7-3-6-13-14/h3,6-7,11-12H,2,4-5,8H2,1H3. The summed E-state index contributed by atoms with van der Waals surface area (Å²) < 4.78 is 7.02. The Morgan fingerprint density at radius 2 is 2.41 bits per heavy atom. The maximum Gasteiger partial charge on any atom is 0.302 e. The fraction of sp³-hybridized carbons (Fsp3) is 0.583. The average molecular weight is 236 g/mol. The van der Waals surface area contributed by atoms with Gasteiger partial charge >= 0.3 is 5.97 Å². The van der Waals surface area contributed by atoms with Crippen LogP contribution in [0.3, 0.4) is 0 Å². The van der Waals surface area contributed by atoms with Crippen molar-refractivity contribution in [2.75, 3.05) is 0 Å². The van der Waals surface area contributed by atoms with Crippen molar-refractivity contribution < 1.29 is 14.3 Å². The summed E-state index contributed by atoms with van der Waals surface area (Å²) in [6.45, 7) is 1.40. The van der Waals surface area contributed by atoms with Gasteiger partial charge in [0.05, 0.1) is 6.04 Å². The minimum Gasteiger partial charge on any atom is -0.460 e. The monoisotopic (exact) mass is 236 g/mol. The molecule has 2 atom stereocenters. The molecule has 1 aliphatic rings. The third kappa shape index (κ3) is 2.93. The molecule has 1 aromatic heterocycles. The fourth-order valence-corrected chi connectivity index (χ4v) is 2.25. The van der Waals surface area contributed by atoms with Crippen molar-refractivity contribution in [3.8, 4) is 0 Å². The fourth-order valence-electron chi connectivity index (χ4n) is 2.25. The average Bonchev–Trinajstić information content (AvgIpc) is 2.71. The highest BCUT2D eigenvalue weighted by Crippen LogP contribution is 2.27. The van der Waals surface area contributed by atoms with Crippen LogP contribution in [-0.2, 0) is 14.3 Å². The van der Waals surface area contributed by atoms with E-state index in [-0.39, 0.29) is 23.9 Å². The lowest BCUT2D eigenvalue weighted by atomic mass is 10.1. The summed E-state index contributed by atoms with van der Waals surface area (Å²) in [6.07, 6.45) is 5.67. The van der Waals surface area contributed by atoms with Gasteiger partial charge in [-0.3, -0.25) is 14.3 Å². The Balaban J connectivity index is 2.20. The van der Waals surface area contributed by atoms with E-state index < -0.39 is 0 Å². The molecule has 1 aromatic rings. The molecule has 0 aromatic carbocycles. The van der Waals surface area contributed by atoms with Gasteiger partial charge in [-0.15, -0.1) is 0 Å². The summed E-state index contributed by atoms with van der Waals surface area (Å²) in [5, 5.41) is 4.15. The van der Waals surface area contributed by atoms with E-state index >= 15 is 0 Å². The van der Waals surface area contributed by atoms with Crippen molar-refractivity contribution in [3.05, 3.63) is 18.5 Å². The molecule has 0 saturated heterocycles. The maximum absolute atomic E-state index is 11.6. The minimum atomic E-state index is -0.304. The molecule has 5 nitrogen and oxygen atoms in total. The molecule has 1 heterocycles. The largest absolute Gasteiger partial charge is 0.460 e. The van der Waals surface area contributed by atoms with Gasteiger partial charge in [-0.25, -0.2) is 0 Å². The molecule has 0 aliphatic heterocycles. The summed E-state index contributed by atoms with van der Waals surface area (Å²) in [4.78, 5) is 22.7. The quantitative estimate of drug-likeness (QED) is 0.576. The molecule has 0 bridgehead atoms. The van der Waals surface area contributed by atoms with Crippen molar-refractivity contribution in [1.29, 1.82) is 0 Å². The molecule has 0 N–H and O–H groups in total. The van der Waals surface area contributed by atoms with E-state index in [9.17, 15) is 9.59 Å². The van der Waals surface area contributed by atoms with Gasteiger partial charge in [-0.1, -0.05) is 0 Å². The SMILES string of the molecule is CC(=O)OC1CCCC(=O)CC1n1cccn1. The predicted molar refractivity (Wildman–Crippen MR) is 60.3 cm³/mol. The van der Waals surface area contributed by atoms with Gasteiger partial charge in [0.2, 0.25) is 0 Å². The third-order valence-electron chi connectivity index (χ3n) is 2.99. The van der Waals surface area contributed by atoms with Gasteiger partial charge in [0.1, 0.15) is 11.9 Å². The van der Waals surface area contributed by atoms with E-state index in [0.29, 0.717) is 12.8 Å². The molecular formula is C12H16N2O3. The van der Waals surface area contributed by atoms with Crippen molar-refractivity contribution in [1.82, 2.24) is 9.78 Å². The topological polar surface area (TPSA) is 61.2 Å². The number of Topliss-reactive ketones (excluding diaryl/α,β-unsaturated/α-hetero) is 1. The number of ether oxygens (including phenoxy) is 1. The summed E-state index contributed by atoms with van der Waals surface area (Å²) in [7, 11) is 0. The number of carbonyl (C=O) groups excluding carboxylic acids is 2. The van der Waals surface area contributed by atoms with Gasteiger partial charge in [0.15, 0.2) is 0 Å². The lowest BCUT2D eigenvalue weighted by molar-refractivity contribution is -0.149. The van der Waals surface area contributed by atoms with Crippen molar-refractivity contribution in [2.45, 2.75) is 44.8 Å². The Morgan fingerprint density at radius 1 is 1.59 bits per heavy atom. The first-order chi connectivity index (χ1) is 8.16. The van der Waals surface area contributed by atoms with Crippen LogP contribution in [0.4, 0.5) is 0 Å². The van der Waals surface area contributed by atoms with Crippen LogP contribution in [-0.4, -0.2) is 27.6 Å². The number of nitrogens with zero attached hydrogens (tertiary/aromatic N) is 2. The van der Waals surface area contributed by atoms with E-state index in [1.165, 1.54) is 6.92 Å². The third-order valence-corrected chi connectivity index (χ3v) is 2.99. The second kappa shape index (κ2) is 5.12. The molecule has 1 fully saturated rings. The highest BCUT2D eigenvalue weighted by molar-refractivity contribution is 5.79. The van der Waals surface area contributed by atoms with E-state index in [1.54, 1.807) is 23.1 Å². The molecule has 0 amide bonds. The number of ketones is 1. The Hall–Kier alpha value is -1.65. The van der Waals surface area contributed by atoms with Crippen molar-refractivity contribution in [3.63, 3.8) is 0 Å². The van der Waals surface area contributed by atoms with E-state index in [2.05, 4.69) is 5.10 Å². The van der Waals surface area contributed by atoms with E-state index in [0.717, 1.165) is 12.8 Å². The second-order valence-corrected chi connectivity index (χ2v) is 4.34. The lowest BCUT2D eigenvalue weighted by Crippen LogP contribution is -2.29. The van der Waals surface area contributed by atoms with E-state index in [1.807, 2.05) is 0 Å². The summed E-state index contributed by atoms with van der Waals surface area (Å²) >= 11 is 0. The van der Waals surface area contributed by atoms with E-state index in [4.69, 9.17) is 4.74 Å². The Bertz CT molecular complexity index is 400. The van der Waals surface area contributed by atoms with Gasteiger partial charge < -0.3 is 4.74 Å². The zero-order valence-electron chi connectivity index (χ0n) is 9.83. The molecule has 0 radical (unpaired) electrons. The number of carbonyl (C=O) groups is 2. The predicted octanol–water partition coefficient (Wildman–Crippen LogP) is 1.50. The highest BCUT2D eigenvalue weighted by atomic mass is 16.5. The van der Waals surface area contributed by atoms with Gasteiger partial charge in [0, 0.05) is 32.2 Å². The first-order valence-electron chi connectivity index (χ1n) is 5.85. The highest BCUT2D eigenvalue weighted by Gasteiger charge is 2.31. The van der Waals surface area contributed by atoms with Gasteiger partial charge in [0.25, 0.3) is 0 Å². The van der Waals surface area contributed by atoms with Crippen LogP contribution in [0, 0.1) is 0 Å². The molecule has 2 rings (SSSR count).